The molecule has 0 saturated carbocycles. The van der Waals surface area contributed by atoms with Crippen molar-refractivity contribution in [1.29, 1.82) is 0 Å². The topological polar surface area (TPSA) is 652 Å². The quantitative estimate of drug-likeness (QED) is 0.0340. The van der Waals surface area contributed by atoms with Crippen LogP contribution in [-0.4, -0.2) is 346 Å². The molecule has 84 heavy (non-hydrogen) atoms. The number of carboxylic acids is 1. The average molecular weight is 1280 g/mol. The fourth-order valence-corrected chi connectivity index (χ4v) is 11.3. The van der Waals surface area contributed by atoms with Crippen LogP contribution in [0.15, 0.2) is 0 Å². The fourth-order valence-electron chi connectivity index (χ4n) is 9.63. The molecule has 0 aliphatic carbocycles. The van der Waals surface area contributed by atoms with Crippen molar-refractivity contribution in [3.63, 3.8) is 0 Å². The predicted molar refractivity (Wildman–Crippen MR) is 258 cm³/mol. The van der Waals surface area contributed by atoms with E-state index >= 15 is 0 Å². The van der Waals surface area contributed by atoms with Crippen molar-refractivity contribution >= 4 is 21.6 Å². The number of phosphoric ester groups is 2. The second-order valence-electron chi connectivity index (χ2n) is 20.2. The van der Waals surface area contributed by atoms with Crippen LogP contribution in [0.2, 0.25) is 0 Å². The third-order valence-corrected chi connectivity index (χ3v) is 16.3. The van der Waals surface area contributed by atoms with Gasteiger partial charge in [0.1, 0.15) is 134 Å². The molecule has 0 bridgehead atoms. The van der Waals surface area contributed by atoms with Gasteiger partial charge < -0.3 is 166 Å². The molecule has 0 aromatic rings. The lowest BCUT2D eigenvalue weighted by Gasteiger charge is -2.51. The minimum absolute atomic E-state index is 0.370. The number of aliphatic hydroxyl groups is 16. The second kappa shape index (κ2) is 30.5. The van der Waals surface area contributed by atoms with Gasteiger partial charge >= 0.3 is 21.6 Å². The van der Waals surface area contributed by atoms with Crippen LogP contribution in [0.3, 0.4) is 0 Å². The van der Waals surface area contributed by atoms with Crippen LogP contribution in [0.4, 0.5) is 0 Å². The molecule has 0 aromatic heterocycles. The molecule has 25 N–H and O–H groups in total. The van der Waals surface area contributed by atoms with Gasteiger partial charge in [-0.15, -0.1) is 0 Å². The molecule has 6 heterocycles. The smallest absolute Gasteiger partial charge is 0.472 e. The molecule has 6 aliphatic rings. The summed E-state index contributed by atoms with van der Waals surface area (Å²) in [6.45, 7) is -6.47. The summed E-state index contributed by atoms with van der Waals surface area (Å²) in [4.78, 5) is 33.8. The van der Waals surface area contributed by atoms with E-state index in [2.05, 4.69) is 0 Å². The van der Waals surface area contributed by atoms with Crippen molar-refractivity contribution in [2.24, 2.45) is 17.2 Å². The number of phosphoric acid groups is 2. The average Bonchev–Trinajstić information content (AvgIpc) is 1.54. The molecule has 6 saturated heterocycles. The number of carbonyl (C=O) groups is 1. The first-order valence-electron chi connectivity index (χ1n) is 25.9. The van der Waals surface area contributed by atoms with Gasteiger partial charge in [-0.05, 0) is 6.92 Å². The Balaban J connectivity index is 1.44. The van der Waals surface area contributed by atoms with Crippen molar-refractivity contribution in [2.75, 3.05) is 59.3 Å². The number of rotatable bonds is 27. The van der Waals surface area contributed by atoms with Crippen LogP contribution in [0.5, 0.6) is 0 Å². The summed E-state index contributed by atoms with van der Waals surface area (Å²) in [6, 6.07) is -1.54. The minimum Gasteiger partial charge on any atom is -0.477 e. The molecule has 6 aliphatic heterocycles. The zero-order valence-corrected chi connectivity index (χ0v) is 46.1. The summed E-state index contributed by atoms with van der Waals surface area (Å²) in [5.41, 5.74) is 16.8. The lowest BCUT2D eigenvalue weighted by Crippen LogP contribution is -2.69. The van der Waals surface area contributed by atoms with E-state index in [9.17, 15) is 111 Å². The molecule has 6 rings (SSSR count). The summed E-state index contributed by atoms with van der Waals surface area (Å²) in [5.74, 6) is -5.65. The van der Waals surface area contributed by atoms with Gasteiger partial charge in [-0.2, -0.15) is 0 Å². The Morgan fingerprint density at radius 3 is 1.63 bits per heavy atom. The molecule has 2 unspecified atom stereocenters. The Hall–Kier alpha value is -1.51. The SMILES string of the molecule is C[C@@H]1O[C@@H](O[C@H]2[C@@H](O)[C@@H](CO)O[C@@H](O[C@H]3[C@H](O[C@H]4O[C@H](CO[C@H]5O[C@H](CO)[C@H](O)[C@H](O)[C@H]5N)[C@@H](O)[C@H](O)[C@@H]4O)[C@H](O)[C@@H](O[C@H]4[C@@H]([C@H](O)CO)O[C@@](O)(C(=O)O)C[C@H]4OP(=O)(O)OCCN)O[C@@H]3COP(=O)(O)OCCN)[C@@H]2O)[C@H](O)[C@H](O)[C@H]1O. The van der Waals surface area contributed by atoms with E-state index in [1.807, 2.05) is 0 Å². The third-order valence-electron chi connectivity index (χ3n) is 14.2. The van der Waals surface area contributed by atoms with Crippen molar-refractivity contribution < 1.29 is 181 Å². The zero-order chi connectivity index (χ0) is 62.5. The highest BCUT2D eigenvalue weighted by Gasteiger charge is 2.61. The summed E-state index contributed by atoms with van der Waals surface area (Å²) in [5, 5.41) is 184. The number of carboxylic acid groups (broad SMARTS) is 1. The molecule has 0 radical (unpaired) electrons. The van der Waals surface area contributed by atoms with Gasteiger partial charge in [0.25, 0.3) is 5.79 Å². The number of aliphatic carboxylic acids is 1. The highest BCUT2D eigenvalue weighted by Crippen LogP contribution is 2.50. The molecule has 32 atom stereocenters. The van der Waals surface area contributed by atoms with E-state index in [0.717, 1.165) is 0 Å². The molecule has 0 spiro atoms. The standard InChI is InChI=1S/C42H77N3O37P2/c1-12-20(50)25(55)27(57)37(72-12)79-34-23(53)16(9-48)74-39(29(34)59)78-33-18(11-71-83(64,65)69-4-2-43)76-40(77-32-14(82-84(66,67)70-5-3-44)6-42(63,41(61)62)81-31(32)13(49)7-46)30(60)35(33)80-38-28(58)26(56)22(52)17(75-38)10-68-36-19(45)24(54)21(51)15(8-47)73-36/h12-40,46-60,63H,2-11,43-45H2,1H3,(H,61,62)(H,64,65)(H,66,67)/t12-,13+,14+,15+,16+,17+,18+,19+,20-,21-,22+,23-,24+,25+,26-,27+,28-,29+,30-,31+,32+,33+,34-,35+,36-,37-,38+,39-,40+,42+/m0/s1. The highest BCUT2D eigenvalue weighted by molar-refractivity contribution is 7.47. The molecule has 6 fully saturated rings. The predicted octanol–water partition coefficient (Wildman–Crippen LogP) is -13.1. The molecule has 492 valence electrons. The molecular weight excluding hydrogens is 1200 g/mol. The number of hydrogen-bond donors (Lipinski definition) is 22. The van der Waals surface area contributed by atoms with E-state index in [0.29, 0.717) is 0 Å². The highest BCUT2D eigenvalue weighted by atomic mass is 31.2. The first-order chi connectivity index (χ1) is 39.4. The van der Waals surface area contributed by atoms with Gasteiger partial charge in [0.05, 0.1) is 58.4 Å². The Bertz CT molecular complexity index is 2160. The van der Waals surface area contributed by atoms with E-state index in [1.54, 1.807) is 0 Å². The van der Waals surface area contributed by atoms with Crippen LogP contribution in [0, 0.1) is 0 Å². The normalized spacial score (nSPS) is 46.9. The van der Waals surface area contributed by atoms with E-state index in [4.69, 9.17) is 87.4 Å². The zero-order valence-electron chi connectivity index (χ0n) is 44.3. The number of aliphatic hydroxyl groups excluding tert-OH is 15. The van der Waals surface area contributed by atoms with Gasteiger partial charge in [-0.1, -0.05) is 0 Å². The largest absolute Gasteiger partial charge is 0.477 e. The maximum absolute atomic E-state index is 13.3. The van der Waals surface area contributed by atoms with Crippen LogP contribution in [0.1, 0.15) is 13.3 Å². The van der Waals surface area contributed by atoms with Crippen molar-refractivity contribution in [1.82, 2.24) is 0 Å². The summed E-state index contributed by atoms with van der Waals surface area (Å²) in [7, 11) is -10.7. The van der Waals surface area contributed by atoms with E-state index in [-0.39, 0.29) is 6.54 Å². The Morgan fingerprint density at radius 2 is 1.05 bits per heavy atom. The lowest BCUT2D eigenvalue weighted by atomic mass is 9.92. The van der Waals surface area contributed by atoms with Gasteiger partial charge in [0.2, 0.25) is 0 Å². The van der Waals surface area contributed by atoms with Gasteiger partial charge in [-0.25, -0.2) is 13.9 Å². The van der Waals surface area contributed by atoms with Crippen molar-refractivity contribution in [3.8, 4) is 0 Å². The van der Waals surface area contributed by atoms with Crippen LogP contribution >= 0.6 is 15.6 Å². The summed E-state index contributed by atoms with van der Waals surface area (Å²) in [6.07, 6.45) is -60.7. The lowest BCUT2D eigenvalue weighted by molar-refractivity contribution is -0.404. The fraction of sp³-hybridized carbons (Fsp3) is 0.976. The Labute approximate surface area is 475 Å². The first-order valence-corrected chi connectivity index (χ1v) is 28.9. The van der Waals surface area contributed by atoms with Crippen molar-refractivity contribution in [2.45, 2.75) is 197 Å². The minimum atomic E-state index is -5.44. The van der Waals surface area contributed by atoms with Gasteiger partial charge in [0.15, 0.2) is 31.5 Å². The van der Waals surface area contributed by atoms with Gasteiger partial charge in [0, 0.05) is 19.5 Å². The van der Waals surface area contributed by atoms with E-state index < -0.39 is 264 Å². The van der Waals surface area contributed by atoms with Crippen LogP contribution < -0.4 is 17.2 Å². The monoisotopic (exact) mass is 1280 g/mol. The number of ether oxygens (including phenoxy) is 11. The van der Waals surface area contributed by atoms with Crippen LogP contribution in [0.25, 0.3) is 0 Å². The third kappa shape index (κ3) is 16.7. The van der Waals surface area contributed by atoms with Crippen LogP contribution in [-0.2, 0) is 84.1 Å². The van der Waals surface area contributed by atoms with E-state index in [1.165, 1.54) is 6.92 Å². The molecule has 0 aromatic carbocycles. The summed E-state index contributed by atoms with van der Waals surface area (Å²) >= 11 is 0. The maximum Gasteiger partial charge on any atom is 0.472 e. The van der Waals surface area contributed by atoms with Crippen molar-refractivity contribution in [3.05, 3.63) is 0 Å². The summed E-state index contributed by atoms with van der Waals surface area (Å²) < 4.78 is 110. The van der Waals surface area contributed by atoms with Gasteiger partial charge in [-0.3, -0.25) is 18.1 Å². The Kier molecular flexibility index (Phi) is 26.0. The first kappa shape index (κ1) is 71.6. The molecule has 0 amide bonds. The molecule has 42 heteroatoms. The number of nitrogens with two attached hydrogens (primary N) is 3. The molecule has 40 nitrogen and oxygen atoms in total. The Morgan fingerprint density at radius 1 is 0.571 bits per heavy atom. The second-order valence-corrected chi connectivity index (χ2v) is 23.1. The maximum atomic E-state index is 13.3. The number of hydrogen-bond acceptors (Lipinski definition) is 37. The molecular formula is C42H77N3O37P2.